The van der Waals surface area contributed by atoms with Gasteiger partial charge in [0.25, 0.3) is 5.91 Å². The fourth-order valence-electron chi connectivity index (χ4n) is 1.80. The van der Waals surface area contributed by atoms with Crippen molar-refractivity contribution in [3.8, 4) is 0 Å². The van der Waals surface area contributed by atoms with Crippen LogP contribution in [0.4, 0.5) is 5.69 Å². The Morgan fingerprint density at radius 2 is 2.24 bits per heavy atom. The van der Waals surface area contributed by atoms with Crippen LogP contribution in [-0.2, 0) is 4.79 Å². The number of furan rings is 1. The van der Waals surface area contributed by atoms with E-state index in [-0.39, 0.29) is 5.91 Å². The molecule has 1 N–H and O–H groups in total. The number of hydrogen-bond donors (Lipinski definition) is 1. The van der Waals surface area contributed by atoms with Gasteiger partial charge in [0, 0.05) is 11.1 Å². The van der Waals surface area contributed by atoms with E-state index < -0.39 is 0 Å². The first-order valence-corrected chi connectivity index (χ1v) is 7.40. The van der Waals surface area contributed by atoms with Gasteiger partial charge < -0.3 is 9.73 Å². The number of amidine groups is 1. The zero-order valence-corrected chi connectivity index (χ0v) is 12.7. The highest BCUT2D eigenvalue weighted by Crippen LogP contribution is 2.30. The van der Waals surface area contributed by atoms with E-state index >= 15 is 0 Å². The van der Waals surface area contributed by atoms with Crippen LogP contribution >= 0.6 is 23.4 Å². The van der Waals surface area contributed by atoms with Crippen molar-refractivity contribution in [3.63, 3.8) is 0 Å². The highest BCUT2D eigenvalue weighted by Gasteiger charge is 2.24. The van der Waals surface area contributed by atoms with Gasteiger partial charge in [0.15, 0.2) is 5.17 Å². The van der Waals surface area contributed by atoms with Gasteiger partial charge in [-0.1, -0.05) is 17.7 Å². The lowest BCUT2D eigenvalue weighted by molar-refractivity contribution is -0.115. The molecule has 1 aliphatic rings. The van der Waals surface area contributed by atoms with Crippen LogP contribution in [-0.4, -0.2) is 11.1 Å². The predicted octanol–water partition coefficient (Wildman–Crippen LogP) is 4.13. The maximum atomic E-state index is 11.9. The molecular formula is C15H11ClN2O2S. The van der Waals surface area contributed by atoms with Gasteiger partial charge in [0.2, 0.25) is 0 Å². The minimum absolute atomic E-state index is 0.185. The Bertz CT molecular complexity index is 751. The molecule has 2 aromatic rings. The lowest BCUT2D eigenvalue weighted by Crippen LogP contribution is -2.19. The first-order valence-electron chi connectivity index (χ1n) is 6.21. The molecule has 1 saturated heterocycles. The van der Waals surface area contributed by atoms with Crippen molar-refractivity contribution >= 4 is 46.2 Å². The van der Waals surface area contributed by atoms with Crippen molar-refractivity contribution in [2.45, 2.75) is 6.92 Å². The van der Waals surface area contributed by atoms with E-state index in [2.05, 4.69) is 10.3 Å². The zero-order valence-electron chi connectivity index (χ0n) is 11.1. The average Bonchev–Trinajstić information content (AvgIpc) is 3.06. The molecule has 0 saturated carbocycles. The van der Waals surface area contributed by atoms with Crippen molar-refractivity contribution in [2.24, 2.45) is 4.99 Å². The van der Waals surface area contributed by atoms with E-state index in [0.717, 1.165) is 11.3 Å². The maximum Gasteiger partial charge on any atom is 0.264 e. The Morgan fingerprint density at radius 3 is 3.00 bits per heavy atom. The molecular weight excluding hydrogens is 308 g/mol. The summed E-state index contributed by atoms with van der Waals surface area (Å²) in [4.78, 5) is 16.9. The smallest absolute Gasteiger partial charge is 0.264 e. The number of aryl methyl sites for hydroxylation is 1. The van der Waals surface area contributed by atoms with Gasteiger partial charge in [-0.15, -0.1) is 0 Å². The maximum absolute atomic E-state index is 11.9. The lowest BCUT2D eigenvalue weighted by Gasteiger charge is -2.01. The number of carbonyl (C=O) groups is 1. The van der Waals surface area contributed by atoms with E-state index in [0.29, 0.717) is 20.9 Å². The van der Waals surface area contributed by atoms with Gasteiger partial charge >= 0.3 is 0 Å². The molecule has 106 valence electrons. The van der Waals surface area contributed by atoms with Crippen LogP contribution < -0.4 is 5.32 Å². The molecule has 1 aliphatic heterocycles. The van der Waals surface area contributed by atoms with E-state index in [9.17, 15) is 4.79 Å². The molecule has 3 rings (SSSR count). The molecule has 0 aliphatic carbocycles. The molecule has 0 atom stereocenters. The van der Waals surface area contributed by atoms with Crippen LogP contribution in [0, 0.1) is 6.92 Å². The fraction of sp³-hybridized carbons (Fsp3) is 0.0667. The van der Waals surface area contributed by atoms with Gasteiger partial charge in [-0.05, 0) is 48.5 Å². The first-order chi connectivity index (χ1) is 10.1. The first kappa shape index (κ1) is 14.0. The largest absolute Gasteiger partial charge is 0.465 e. The topological polar surface area (TPSA) is 54.6 Å². The standard InChI is InChI=1S/C15H11ClN2O2S/c1-9-4-5-10(16)7-12(9)17-15-18-14(19)13(21-15)8-11-3-2-6-20-11/h2-8H,1H3,(H,17,18,19)/b13-8-. The molecule has 2 heterocycles. The van der Waals surface area contributed by atoms with Crippen LogP contribution in [0.3, 0.4) is 0 Å². The van der Waals surface area contributed by atoms with Crippen LogP contribution in [0.15, 0.2) is 50.9 Å². The summed E-state index contributed by atoms with van der Waals surface area (Å²) in [7, 11) is 0. The second-order valence-corrected chi connectivity index (χ2v) is 5.90. The van der Waals surface area contributed by atoms with Crippen molar-refractivity contribution in [3.05, 3.63) is 57.8 Å². The second kappa shape index (κ2) is 5.79. The number of nitrogens with zero attached hydrogens (tertiary/aromatic N) is 1. The third-order valence-electron chi connectivity index (χ3n) is 2.86. The molecule has 6 heteroatoms. The Balaban J connectivity index is 1.87. The number of benzene rings is 1. The summed E-state index contributed by atoms with van der Waals surface area (Å²) < 4.78 is 5.21. The Hall–Kier alpha value is -1.98. The highest BCUT2D eigenvalue weighted by atomic mass is 35.5. The number of rotatable bonds is 2. The van der Waals surface area contributed by atoms with Crippen molar-refractivity contribution < 1.29 is 9.21 Å². The summed E-state index contributed by atoms with van der Waals surface area (Å²) in [6, 6.07) is 9.03. The monoisotopic (exact) mass is 318 g/mol. The number of amides is 1. The zero-order chi connectivity index (χ0) is 14.8. The van der Waals surface area contributed by atoms with Crippen molar-refractivity contribution in [1.82, 2.24) is 5.32 Å². The third kappa shape index (κ3) is 3.20. The van der Waals surface area contributed by atoms with Crippen LogP contribution in [0.2, 0.25) is 5.02 Å². The number of nitrogens with one attached hydrogen (secondary N) is 1. The Morgan fingerprint density at radius 1 is 1.38 bits per heavy atom. The molecule has 1 aromatic heterocycles. The number of thioether (sulfide) groups is 1. The number of aliphatic imine (C=N–C) groups is 1. The van der Waals surface area contributed by atoms with E-state index in [4.69, 9.17) is 16.0 Å². The van der Waals surface area contributed by atoms with Gasteiger partial charge in [0.1, 0.15) is 5.76 Å². The summed E-state index contributed by atoms with van der Waals surface area (Å²) in [5.41, 5.74) is 1.73. The van der Waals surface area contributed by atoms with Crippen LogP contribution in [0.1, 0.15) is 11.3 Å². The molecule has 1 amide bonds. The summed E-state index contributed by atoms with van der Waals surface area (Å²) in [5.74, 6) is 0.447. The lowest BCUT2D eigenvalue weighted by atomic mass is 10.2. The molecule has 0 radical (unpaired) electrons. The quantitative estimate of drug-likeness (QED) is 0.847. The summed E-state index contributed by atoms with van der Waals surface area (Å²) >= 11 is 7.24. The Kier molecular flexibility index (Phi) is 3.86. The number of hydrogen-bond acceptors (Lipinski definition) is 4. The molecule has 0 bridgehead atoms. The van der Waals surface area contributed by atoms with Gasteiger partial charge in [-0.2, -0.15) is 0 Å². The number of halogens is 1. The van der Waals surface area contributed by atoms with Gasteiger partial charge in [0.05, 0.1) is 16.9 Å². The van der Waals surface area contributed by atoms with Gasteiger partial charge in [-0.25, -0.2) is 4.99 Å². The predicted molar refractivity (Wildman–Crippen MR) is 85.7 cm³/mol. The summed E-state index contributed by atoms with van der Waals surface area (Å²) in [6.45, 7) is 1.94. The molecule has 0 unspecified atom stereocenters. The third-order valence-corrected chi connectivity index (χ3v) is 4.01. The Labute approximate surface area is 130 Å². The summed E-state index contributed by atoms with van der Waals surface area (Å²) in [5, 5.41) is 3.87. The van der Waals surface area contributed by atoms with Crippen LogP contribution in [0.5, 0.6) is 0 Å². The molecule has 1 fully saturated rings. The minimum Gasteiger partial charge on any atom is -0.465 e. The average molecular weight is 319 g/mol. The SMILES string of the molecule is Cc1ccc(Cl)cc1N=C1NC(=O)/C(=C/c2ccco2)S1. The second-order valence-electron chi connectivity index (χ2n) is 4.43. The molecule has 21 heavy (non-hydrogen) atoms. The van der Waals surface area contributed by atoms with Gasteiger partial charge in [-0.3, -0.25) is 4.79 Å². The fourth-order valence-corrected chi connectivity index (χ4v) is 2.78. The minimum atomic E-state index is -0.185. The highest BCUT2D eigenvalue weighted by molar-refractivity contribution is 8.18. The van der Waals surface area contributed by atoms with E-state index in [1.165, 1.54) is 11.8 Å². The molecule has 1 aromatic carbocycles. The van der Waals surface area contributed by atoms with E-state index in [1.807, 2.05) is 19.1 Å². The van der Waals surface area contributed by atoms with Crippen molar-refractivity contribution in [1.29, 1.82) is 0 Å². The molecule has 0 spiro atoms. The normalized spacial score (nSPS) is 18.5. The molecule has 4 nitrogen and oxygen atoms in total. The summed E-state index contributed by atoms with van der Waals surface area (Å²) in [6.07, 6.45) is 3.25. The van der Waals surface area contributed by atoms with Crippen molar-refractivity contribution in [2.75, 3.05) is 0 Å². The van der Waals surface area contributed by atoms with Crippen LogP contribution in [0.25, 0.3) is 6.08 Å². The van der Waals surface area contributed by atoms with E-state index in [1.54, 1.807) is 30.5 Å². The number of carbonyl (C=O) groups excluding carboxylic acids is 1.